The van der Waals surface area contributed by atoms with E-state index in [-0.39, 0.29) is 0 Å². The average molecular weight is 400 g/mol. The van der Waals surface area contributed by atoms with Crippen LogP contribution in [0.5, 0.6) is 11.5 Å². The van der Waals surface area contributed by atoms with Crippen molar-refractivity contribution in [1.82, 2.24) is 0 Å². The number of ether oxygens (including phenoxy) is 2. The van der Waals surface area contributed by atoms with E-state index in [0.29, 0.717) is 17.5 Å². The topological polar surface area (TPSA) is 18.5 Å². The minimum absolute atomic E-state index is 0.509. The van der Waals surface area contributed by atoms with Gasteiger partial charge in [-0.15, -0.1) is 0 Å². The summed E-state index contributed by atoms with van der Waals surface area (Å²) in [5.74, 6) is 2.15. The number of halogens is 2. The summed E-state index contributed by atoms with van der Waals surface area (Å²) in [4.78, 5) is 0. The Hall–Kier alpha value is -0.930. The van der Waals surface area contributed by atoms with E-state index in [2.05, 4.69) is 29.8 Å². The summed E-state index contributed by atoms with van der Waals surface area (Å²) >= 11 is 9.93. The summed E-state index contributed by atoms with van der Waals surface area (Å²) in [5, 5.41) is 3.80. The molecule has 23 heavy (non-hydrogen) atoms. The van der Waals surface area contributed by atoms with Crippen LogP contribution in [-0.4, -0.2) is 18.5 Å². The van der Waals surface area contributed by atoms with Crippen LogP contribution in [0.3, 0.4) is 0 Å². The van der Waals surface area contributed by atoms with Gasteiger partial charge in [0.2, 0.25) is 0 Å². The lowest BCUT2D eigenvalue weighted by Gasteiger charge is -2.12. The molecule has 2 aromatic carbocycles. The van der Waals surface area contributed by atoms with Gasteiger partial charge in [-0.2, -0.15) is 0 Å². The molecule has 0 radical (unpaired) electrons. The van der Waals surface area contributed by atoms with Crippen molar-refractivity contribution in [2.24, 2.45) is 5.92 Å². The quantitative estimate of drug-likeness (QED) is 0.355. The van der Waals surface area contributed by atoms with Gasteiger partial charge >= 0.3 is 0 Å². The van der Waals surface area contributed by atoms with Crippen molar-refractivity contribution in [2.75, 3.05) is 18.5 Å². The molecule has 0 amide bonds. The normalized spacial score (nSPS) is 11.2. The summed E-state index contributed by atoms with van der Waals surface area (Å²) in [6, 6.07) is 9.99. The molecule has 0 fully saturated rings. The van der Waals surface area contributed by atoms with Crippen molar-refractivity contribution >= 4 is 38.3 Å². The SMILES string of the molecule is CC(C)COc1ccc2c(Cl)c(OCCCCCBr)ccc2c1. The van der Waals surface area contributed by atoms with Crippen molar-refractivity contribution in [3.8, 4) is 11.5 Å². The Bertz CT molecular complexity index is 628. The molecule has 126 valence electrons. The summed E-state index contributed by atoms with van der Waals surface area (Å²) in [7, 11) is 0. The maximum atomic E-state index is 6.49. The fourth-order valence-corrected chi connectivity index (χ4v) is 2.96. The highest BCUT2D eigenvalue weighted by Crippen LogP contribution is 2.34. The van der Waals surface area contributed by atoms with Crippen LogP contribution in [0, 0.1) is 5.92 Å². The molecule has 0 saturated carbocycles. The van der Waals surface area contributed by atoms with Gasteiger partial charge in [0.25, 0.3) is 0 Å². The minimum Gasteiger partial charge on any atom is -0.493 e. The van der Waals surface area contributed by atoms with E-state index in [9.17, 15) is 0 Å². The van der Waals surface area contributed by atoms with Gasteiger partial charge in [0.05, 0.1) is 18.2 Å². The molecule has 0 atom stereocenters. The fourth-order valence-electron chi connectivity index (χ4n) is 2.27. The van der Waals surface area contributed by atoms with Crippen molar-refractivity contribution in [3.05, 3.63) is 35.4 Å². The van der Waals surface area contributed by atoms with Crippen molar-refractivity contribution in [2.45, 2.75) is 33.1 Å². The molecular formula is C19H24BrClO2. The predicted octanol–water partition coefficient (Wildman–Crippen LogP) is 6.47. The number of fused-ring (bicyclic) bond motifs is 1. The highest BCUT2D eigenvalue weighted by molar-refractivity contribution is 9.09. The number of alkyl halides is 1. The number of unbranched alkanes of at least 4 members (excludes halogenated alkanes) is 2. The molecule has 0 spiro atoms. The Labute approximate surface area is 152 Å². The highest BCUT2D eigenvalue weighted by atomic mass is 79.9. The molecule has 2 aromatic rings. The molecule has 2 rings (SSSR count). The van der Waals surface area contributed by atoms with Crippen LogP contribution in [0.4, 0.5) is 0 Å². The zero-order valence-corrected chi connectivity index (χ0v) is 16.1. The van der Waals surface area contributed by atoms with Gasteiger partial charge in [-0.1, -0.05) is 47.4 Å². The lowest BCUT2D eigenvalue weighted by molar-refractivity contribution is 0.271. The van der Waals surface area contributed by atoms with E-state index in [4.69, 9.17) is 21.1 Å². The molecule has 0 aliphatic heterocycles. The zero-order chi connectivity index (χ0) is 16.7. The molecule has 0 bridgehead atoms. The van der Waals surface area contributed by atoms with Crippen LogP contribution in [0.1, 0.15) is 33.1 Å². The zero-order valence-electron chi connectivity index (χ0n) is 13.8. The molecule has 0 unspecified atom stereocenters. The maximum absolute atomic E-state index is 6.49. The van der Waals surface area contributed by atoms with Crippen LogP contribution in [0.2, 0.25) is 5.02 Å². The highest BCUT2D eigenvalue weighted by Gasteiger charge is 2.08. The van der Waals surface area contributed by atoms with Gasteiger partial charge in [-0.25, -0.2) is 0 Å². The Morgan fingerprint density at radius 1 is 1.04 bits per heavy atom. The molecule has 0 aromatic heterocycles. The van der Waals surface area contributed by atoms with Crippen LogP contribution >= 0.6 is 27.5 Å². The van der Waals surface area contributed by atoms with Gasteiger partial charge in [-0.05, 0) is 54.8 Å². The third-order valence-electron chi connectivity index (χ3n) is 3.51. The van der Waals surface area contributed by atoms with Gasteiger partial charge in [0, 0.05) is 10.7 Å². The van der Waals surface area contributed by atoms with Crippen LogP contribution in [0.15, 0.2) is 30.3 Å². The number of rotatable bonds is 9. The standard InChI is InChI=1S/C19H24BrClO2/c1-14(2)13-23-16-7-8-17-15(12-16)6-9-18(19(17)21)22-11-5-3-4-10-20/h6-9,12,14H,3-5,10-11,13H2,1-2H3. The average Bonchev–Trinajstić information content (AvgIpc) is 2.54. The van der Waals surface area contributed by atoms with Crippen molar-refractivity contribution < 1.29 is 9.47 Å². The van der Waals surface area contributed by atoms with Gasteiger partial charge < -0.3 is 9.47 Å². The number of hydrogen-bond donors (Lipinski definition) is 0. The molecule has 0 N–H and O–H groups in total. The molecule has 4 heteroatoms. The smallest absolute Gasteiger partial charge is 0.138 e. The van der Waals surface area contributed by atoms with Gasteiger partial charge in [0.1, 0.15) is 11.5 Å². The Kier molecular flexibility index (Phi) is 7.51. The van der Waals surface area contributed by atoms with Gasteiger partial charge in [0.15, 0.2) is 0 Å². The van der Waals surface area contributed by atoms with Crippen LogP contribution in [-0.2, 0) is 0 Å². The molecular weight excluding hydrogens is 376 g/mol. The lowest BCUT2D eigenvalue weighted by Crippen LogP contribution is -2.04. The molecule has 2 nitrogen and oxygen atoms in total. The monoisotopic (exact) mass is 398 g/mol. The first kappa shape index (κ1) is 18.4. The summed E-state index contributed by atoms with van der Waals surface area (Å²) in [6.07, 6.45) is 3.38. The maximum Gasteiger partial charge on any atom is 0.138 e. The predicted molar refractivity (Wildman–Crippen MR) is 102 cm³/mol. The van der Waals surface area contributed by atoms with E-state index in [0.717, 1.165) is 47.1 Å². The number of hydrogen-bond acceptors (Lipinski definition) is 2. The largest absolute Gasteiger partial charge is 0.493 e. The van der Waals surface area contributed by atoms with Gasteiger partial charge in [-0.3, -0.25) is 0 Å². The first-order valence-electron chi connectivity index (χ1n) is 8.15. The second-order valence-electron chi connectivity index (χ2n) is 6.06. The third-order valence-corrected chi connectivity index (χ3v) is 4.46. The van der Waals surface area contributed by atoms with E-state index < -0.39 is 0 Å². The van der Waals surface area contributed by atoms with Crippen LogP contribution in [0.25, 0.3) is 10.8 Å². The van der Waals surface area contributed by atoms with E-state index >= 15 is 0 Å². The fraction of sp³-hybridized carbons (Fsp3) is 0.474. The molecule has 0 aliphatic carbocycles. The Morgan fingerprint density at radius 3 is 2.61 bits per heavy atom. The molecule has 0 saturated heterocycles. The van der Waals surface area contributed by atoms with Crippen molar-refractivity contribution in [3.63, 3.8) is 0 Å². The van der Waals surface area contributed by atoms with E-state index in [1.54, 1.807) is 0 Å². The van der Waals surface area contributed by atoms with Crippen molar-refractivity contribution in [1.29, 1.82) is 0 Å². The second kappa shape index (κ2) is 9.39. The van der Waals surface area contributed by atoms with E-state index in [1.807, 2.05) is 30.3 Å². The summed E-state index contributed by atoms with van der Waals surface area (Å²) in [6.45, 7) is 5.70. The first-order chi connectivity index (χ1) is 11.1. The summed E-state index contributed by atoms with van der Waals surface area (Å²) in [5.41, 5.74) is 0. The third kappa shape index (κ3) is 5.58. The second-order valence-corrected chi connectivity index (χ2v) is 7.23. The number of benzene rings is 2. The molecule has 0 aliphatic rings. The lowest BCUT2D eigenvalue weighted by atomic mass is 10.1. The Balaban J connectivity index is 2.05. The first-order valence-corrected chi connectivity index (χ1v) is 9.65. The molecule has 0 heterocycles. The minimum atomic E-state index is 0.509. The van der Waals surface area contributed by atoms with Crippen LogP contribution < -0.4 is 9.47 Å². The summed E-state index contributed by atoms with van der Waals surface area (Å²) < 4.78 is 11.6. The Morgan fingerprint density at radius 2 is 1.87 bits per heavy atom. The van der Waals surface area contributed by atoms with E-state index in [1.165, 1.54) is 6.42 Å².